The molecule has 0 aliphatic heterocycles. The van der Waals surface area contributed by atoms with Crippen LogP contribution in [0.5, 0.6) is 34.5 Å². The minimum absolute atomic E-state index is 0.0135. The Morgan fingerprint density at radius 1 is 0.667 bits per heavy atom. The molecule has 5 N–H and O–H groups in total. The van der Waals surface area contributed by atoms with E-state index in [2.05, 4.69) is 0 Å². The Bertz CT molecular complexity index is 1210. The average molecular weight is 545 g/mol. The zero-order valence-electron chi connectivity index (χ0n) is 22.4. The van der Waals surface area contributed by atoms with E-state index < -0.39 is 30.8 Å². The zero-order chi connectivity index (χ0) is 28.5. The molecule has 10 heteroatoms. The lowest BCUT2D eigenvalue weighted by Crippen LogP contribution is -2.29. The molecule has 0 unspecified atom stereocenters. The van der Waals surface area contributed by atoms with Crippen LogP contribution in [0.25, 0.3) is 0 Å². The van der Waals surface area contributed by atoms with Crippen LogP contribution >= 0.6 is 0 Å². The molecule has 3 aromatic carbocycles. The minimum Gasteiger partial charge on any atom is -0.504 e. The number of ether oxygens (including phenoxy) is 5. The maximum atomic E-state index is 10.9. The summed E-state index contributed by atoms with van der Waals surface area (Å²) in [5.74, 6) is 0.466. The largest absolute Gasteiger partial charge is 0.504 e. The third-order valence-corrected chi connectivity index (χ3v) is 6.41. The van der Waals surface area contributed by atoms with Crippen molar-refractivity contribution in [1.82, 2.24) is 0 Å². The van der Waals surface area contributed by atoms with Gasteiger partial charge in [-0.15, -0.1) is 0 Å². The van der Waals surface area contributed by atoms with Crippen LogP contribution in [0.4, 0.5) is 0 Å². The molecule has 4 atom stereocenters. The van der Waals surface area contributed by atoms with E-state index in [1.807, 2.05) is 6.92 Å². The molecule has 3 aromatic rings. The highest BCUT2D eigenvalue weighted by Gasteiger charge is 2.29. The summed E-state index contributed by atoms with van der Waals surface area (Å²) >= 11 is 0. The first-order valence-electron chi connectivity index (χ1n) is 12.4. The van der Waals surface area contributed by atoms with Crippen molar-refractivity contribution >= 4 is 0 Å². The van der Waals surface area contributed by atoms with Gasteiger partial charge in [-0.2, -0.15) is 0 Å². The van der Waals surface area contributed by atoms with Gasteiger partial charge < -0.3 is 49.2 Å². The van der Waals surface area contributed by atoms with Gasteiger partial charge in [-0.3, -0.25) is 0 Å². The second kappa shape index (κ2) is 13.9. The highest BCUT2D eigenvalue weighted by molar-refractivity contribution is 5.47. The standard InChI is InChI=1S/C29H36O10/c1-5-38-29(20(15-30)17-6-9-21(32)24(12-17)35-2)19-8-11-23(26(14-19)37-4)39-27(16-31)28(34)18-7-10-22(33)25(13-18)36-3/h6-14,20,27-34H,5,15-16H2,1-4H3/t20-,27+,28+,29-/m1/s1. The third kappa shape index (κ3) is 6.85. The van der Waals surface area contributed by atoms with Crippen LogP contribution in [0.1, 0.15) is 41.7 Å². The Hall–Kier alpha value is -3.70. The van der Waals surface area contributed by atoms with E-state index in [1.54, 1.807) is 30.3 Å². The zero-order valence-corrected chi connectivity index (χ0v) is 22.4. The lowest BCUT2D eigenvalue weighted by molar-refractivity contribution is -0.000748. The van der Waals surface area contributed by atoms with Crippen molar-refractivity contribution < 1.29 is 49.2 Å². The fraction of sp³-hybridized carbons (Fsp3) is 0.379. The number of rotatable bonds is 14. The number of hydrogen-bond donors (Lipinski definition) is 5. The second-order valence-electron chi connectivity index (χ2n) is 8.72. The van der Waals surface area contributed by atoms with Crippen LogP contribution in [0.2, 0.25) is 0 Å². The molecule has 0 fully saturated rings. The van der Waals surface area contributed by atoms with E-state index in [1.165, 1.54) is 45.6 Å². The molecule has 39 heavy (non-hydrogen) atoms. The molecule has 212 valence electrons. The first kappa shape index (κ1) is 29.9. The lowest BCUT2D eigenvalue weighted by Gasteiger charge is -2.28. The molecule has 0 heterocycles. The summed E-state index contributed by atoms with van der Waals surface area (Å²) in [7, 11) is 4.31. The number of methoxy groups -OCH3 is 3. The van der Waals surface area contributed by atoms with Crippen molar-refractivity contribution in [3.8, 4) is 34.5 Å². The van der Waals surface area contributed by atoms with E-state index >= 15 is 0 Å². The van der Waals surface area contributed by atoms with Gasteiger partial charge in [0.1, 0.15) is 6.10 Å². The Morgan fingerprint density at radius 2 is 1.21 bits per heavy atom. The molecule has 10 nitrogen and oxygen atoms in total. The maximum Gasteiger partial charge on any atom is 0.161 e. The Morgan fingerprint density at radius 3 is 1.74 bits per heavy atom. The highest BCUT2D eigenvalue weighted by Crippen LogP contribution is 2.41. The van der Waals surface area contributed by atoms with Crippen molar-refractivity contribution in [2.75, 3.05) is 41.2 Å². The SMILES string of the molecule is CCO[C@H](c1ccc(O[C@@H](CO)[C@@H](O)c2ccc(O)c(OC)c2)c(OC)c1)[C@H](CO)c1ccc(O)c(OC)c1. The fourth-order valence-corrected chi connectivity index (χ4v) is 4.34. The summed E-state index contributed by atoms with van der Waals surface area (Å²) in [5, 5.41) is 51.0. The summed E-state index contributed by atoms with van der Waals surface area (Å²) in [4.78, 5) is 0. The number of phenols is 2. The van der Waals surface area contributed by atoms with E-state index in [-0.39, 0.29) is 35.4 Å². The summed E-state index contributed by atoms with van der Waals surface area (Å²) in [6, 6.07) is 14.3. The van der Waals surface area contributed by atoms with Gasteiger partial charge in [-0.05, 0) is 60.0 Å². The van der Waals surface area contributed by atoms with Crippen LogP contribution < -0.4 is 18.9 Å². The predicted octanol–water partition coefficient (Wildman–Crippen LogP) is 3.45. The molecule has 3 rings (SSSR count). The van der Waals surface area contributed by atoms with Crippen molar-refractivity contribution in [3.63, 3.8) is 0 Å². The number of hydrogen-bond acceptors (Lipinski definition) is 10. The van der Waals surface area contributed by atoms with Crippen molar-refractivity contribution in [3.05, 3.63) is 71.3 Å². The van der Waals surface area contributed by atoms with Crippen LogP contribution in [-0.2, 0) is 4.74 Å². The monoisotopic (exact) mass is 544 g/mol. The highest BCUT2D eigenvalue weighted by atomic mass is 16.5. The lowest BCUT2D eigenvalue weighted by atomic mass is 9.89. The van der Waals surface area contributed by atoms with E-state index in [0.29, 0.717) is 29.0 Å². The topological polar surface area (TPSA) is 147 Å². The quantitative estimate of drug-likeness (QED) is 0.204. The number of benzene rings is 3. The van der Waals surface area contributed by atoms with Gasteiger partial charge in [0.15, 0.2) is 40.6 Å². The van der Waals surface area contributed by atoms with E-state index in [9.17, 15) is 25.5 Å². The van der Waals surface area contributed by atoms with Crippen LogP contribution in [0.15, 0.2) is 54.6 Å². The molecule has 0 spiro atoms. The average Bonchev–Trinajstić information content (AvgIpc) is 2.96. The van der Waals surface area contributed by atoms with Crippen LogP contribution in [0.3, 0.4) is 0 Å². The smallest absolute Gasteiger partial charge is 0.161 e. The van der Waals surface area contributed by atoms with Crippen LogP contribution in [0, 0.1) is 0 Å². The van der Waals surface area contributed by atoms with Gasteiger partial charge in [0.05, 0.1) is 40.6 Å². The van der Waals surface area contributed by atoms with Gasteiger partial charge in [0, 0.05) is 12.5 Å². The Labute approximate surface area is 227 Å². The number of aromatic hydroxyl groups is 2. The van der Waals surface area contributed by atoms with Crippen molar-refractivity contribution in [2.24, 2.45) is 0 Å². The first-order chi connectivity index (χ1) is 18.8. The number of phenolic OH excluding ortho intramolecular Hbond substituents is 2. The van der Waals surface area contributed by atoms with E-state index in [4.69, 9.17) is 23.7 Å². The van der Waals surface area contributed by atoms with Gasteiger partial charge in [0.25, 0.3) is 0 Å². The normalized spacial score (nSPS) is 14.2. The molecule has 0 radical (unpaired) electrons. The molecule has 0 aromatic heterocycles. The minimum atomic E-state index is -1.24. The van der Waals surface area contributed by atoms with Gasteiger partial charge in [0.2, 0.25) is 0 Å². The molecule has 0 saturated carbocycles. The molecule has 0 bridgehead atoms. The van der Waals surface area contributed by atoms with E-state index in [0.717, 1.165) is 0 Å². The van der Waals surface area contributed by atoms with Crippen molar-refractivity contribution in [1.29, 1.82) is 0 Å². The van der Waals surface area contributed by atoms with Gasteiger partial charge >= 0.3 is 0 Å². The first-order valence-corrected chi connectivity index (χ1v) is 12.4. The summed E-state index contributed by atoms with van der Waals surface area (Å²) < 4.78 is 27.9. The third-order valence-electron chi connectivity index (χ3n) is 6.41. The van der Waals surface area contributed by atoms with Gasteiger partial charge in [-0.1, -0.05) is 18.2 Å². The molecule has 0 amide bonds. The van der Waals surface area contributed by atoms with Crippen LogP contribution in [-0.4, -0.2) is 72.8 Å². The molecule has 0 aliphatic rings. The Kier molecular flexibility index (Phi) is 10.6. The summed E-state index contributed by atoms with van der Waals surface area (Å²) in [6.07, 6.45) is -2.88. The molecular weight excluding hydrogens is 508 g/mol. The summed E-state index contributed by atoms with van der Waals surface area (Å²) in [5.41, 5.74) is 1.78. The van der Waals surface area contributed by atoms with Crippen molar-refractivity contribution in [2.45, 2.75) is 31.2 Å². The molecular formula is C29H36O10. The second-order valence-corrected chi connectivity index (χ2v) is 8.72. The maximum absolute atomic E-state index is 10.9. The molecule has 0 aliphatic carbocycles. The predicted molar refractivity (Wildman–Crippen MR) is 143 cm³/mol. The summed E-state index contributed by atoms with van der Waals surface area (Å²) in [6.45, 7) is 1.46. The number of aliphatic hydroxyl groups is 3. The Balaban J connectivity index is 1.91. The fourth-order valence-electron chi connectivity index (χ4n) is 4.34. The molecule has 0 saturated heterocycles. The van der Waals surface area contributed by atoms with Gasteiger partial charge in [-0.25, -0.2) is 0 Å². The number of aliphatic hydroxyl groups excluding tert-OH is 3.